The van der Waals surface area contributed by atoms with Crippen molar-refractivity contribution in [1.29, 1.82) is 0 Å². The number of benzene rings is 1. The maximum absolute atomic E-state index is 12.9. The first-order valence-corrected chi connectivity index (χ1v) is 3.71. The second-order valence-corrected chi connectivity index (χ2v) is 2.64. The summed E-state index contributed by atoms with van der Waals surface area (Å²) in [5.74, 6) is -0.258. The van der Waals surface area contributed by atoms with Gasteiger partial charge in [-0.15, -0.1) is 12.4 Å². The van der Waals surface area contributed by atoms with Crippen LogP contribution in [-0.4, -0.2) is 7.05 Å². The molecule has 12 heavy (non-hydrogen) atoms. The predicted octanol–water partition coefficient (Wildman–Crippen LogP) is 2.62. The summed E-state index contributed by atoms with van der Waals surface area (Å²) in [6.45, 7) is 0.464. The fraction of sp³-hybridized carbons (Fsp3) is 0.250. The zero-order chi connectivity index (χ0) is 8.27. The van der Waals surface area contributed by atoms with Crippen LogP contribution in [0.25, 0.3) is 0 Å². The summed E-state index contributed by atoms with van der Waals surface area (Å²) < 4.78 is 12.9. The predicted molar refractivity (Wildman–Crippen MR) is 51.4 cm³/mol. The van der Waals surface area contributed by atoms with Crippen LogP contribution in [0.5, 0.6) is 0 Å². The van der Waals surface area contributed by atoms with E-state index < -0.39 is 0 Å². The number of nitrogens with one attached hydrogen (secondary N) is 1. The van der Waals surface area contributed by atoms with E-state index in [1.54, 1.807) is 19.2 Å². The van der Waals surface area contributed by atoms with Gasteiger partial charge in [-0.05, 0) is 19.2 Å². The van der Waals surface area contributed by atoms with Crippen molar-refractivity contribution in [2.45, 2.75) is 6.54 Å². The first kappa shape index (κ1) is 11.7. The normalized spacial score (nSPS) is 9.25. The molecule has 0 saturated heterocycles. The van der Waals surface area contributed by atoms with Crippen LogP contribution in [0.3, 0.4) is 0 Å². The highest BCUT2D eigenvalue weighted by atomic mass is 35.5. The Hall–Kier alpha value is -0.310. The van der Waals surface area contributed by atoms with Crippen LogP contribution >= 0.6 is 24.0 Å². The third kappa shape index (κ3) is 2.63. The highest BCUT2D eigenvalue weighted by molar-refractivity contribution is 6.31. The summed E-state index contributed by atoms with van der Waals surface area (Å²) in [7, 11) is 1.75. The van der Waals surface area contributed by atoms with Gasteiger partial charge in [-0.2, -0.15) is 0 Å². The third-order valence-electron chi connectivity index (χ3n) is 1.42. The number of halogens is 3. The fourth-order valence-electron chi connectivity index (χ4n) is 0.878. The van der Waals surface area contributed by atoms with Gasteiger partial charge in [-0.3, -0.25) is 0 Å². The first-order valence-electron chi connectivity index (χ1n) is 3.33. The second-order valence-electron chi connectivity index (χ2n) is 2.23. The van der Waals surface area contributed by atoms with Gasteiger partial charge >= 0.3 is 0 Å². The molecule has 0 amide bonds. The Morgan fingerprint density at radius 1 is 1.50 bits per heavy atom. The van der Waals surface area contributed by atoms with E-state index in [9.17, 15) is 4.39 Å². The Bertz CT molecular complexity index is 233. The van der Waals surface area contributed by atoms with Gasteiger partial charge in [0.15, 0.2) is 0 Å². The number of rotatable bonds is 2. The Kier molecular flexibility index (Phi) is 5.22. The van der Waals surface area contributed by atoms with Crippen LogP contribution in [0, 0.1) is 5.82 Å². The molecule has 0 aromatic heterocycles. The molecule has 0 bridgehead atoms. The highest BCUT2D eigenvalue weighted by Gasteiger charge is 2.03. The van der Waals surface area contributed by atoms with Crippen molar-refractivity contribution >= 4 is 24.0 Å². The molecule has 4 heteroatoms. The molecule has 0 heterocycles. The molecule has 0 aliphatic rings. The molecule has 0 saturated carbocycles. The Morgan fingerprint density at radius 3 is 2.67 bits per heavy atom. The highest BCUT2D eigenvalue weighted by Crippen LogP contribution is 2.17. The van der Waals surface area contributed by atoms with Crippen molar-refractivity contribution in [2.24, 2.45) is 0 Å². The van der Waals surface area contributed by atoms with Gasteiger partial charge in [0.2, 0.25) is 0 Å². The van der Waals surface area contributed by atoms with E-state index in [0.717, 1.165) is 0 Å². The van der Waals surface area contributed by atoms with Crippen molar-refractivity contribution in [3.05, 3.63) is 34.6 Å². The maximum Gasteiger partial charge on any atom is 0.129 e. The van der Waals surface area contributed by atoms with Crippen LogP contribution in [0.15, 0.2) is 18.2 Å². The van der Waals surface area contributed by atoms with Gasteiger partial charge in [0.25, 0.3) is 0 Å². The maximum atomic E-state index is 12.9. The van der Waals surface area contributed by atoms with E-state index in [0.29, 0.717) is 17.1 Å². The minimum absolute atomic E-state index is 0. The Labute approximate surface area is 82.3 Å². The van der Waals surface area contributed by atoms with Gasteiger partial charge in [-0.25, -0.2) is 4.39 Å². The molecule has 1 aromatic rings. The molecule has 0 atom stereocenters. The third-order valence-corrected chi connectivity index (χ3v) is 1.77. The Balaban J connectivity index is 0.00000121. The monoisotopic (exact) mass is 209 g/mol. The van der Waals surface area contributed by atoms with Crippen LogP contribution in [0.1, 0.15) is 5.56 Å². The minimum atomic E-state index is -0.258. The summed E-state index contributed by atoms with van der Waals surface area (Å²) in [6, 6.07) is 4.67. The fourth-order valence-corrected chi connectivity index (χ4v) is 1.11. The molecule has 0 fully saturated rings. The molecule has 0 spiro atoms. The van der Waals surface area contributed by atoms with Crippen LogP contribution in [0.4, 0.5) is 4.39 Å². The van der Waals surface area contributed by atoms with Crippen LogP contribution in [-0.2, 0) is 6.54 Å². The van der Waals surface area contributed by atoms with Gasteiger partial charge in [0, 0.05) is 17.1 Å². The summed E-state index contributed by atoms with van der Waals surface area (Å²) in [4.78, 5) is 0. The molecule has 0 radical (unpaired) electrons. The molecule has 0 aliphatic carbocycles. The molecule has 0 unspecified atom stereocenters. The second kappa shape index (κ2) is 5.36. The standard InChI is InChI=1S/C8H9ClFN.ClH/c1-11-5-6-7(9)3-2-4-8(6)10;/h2-4,11H,5H2,1H3;1H. The molecule has 68 valence electrons. The molecule has 0 aliphatic heterocycles. The van der Waals surface area contributed by atoms with Crippen LogP contribution in [0.2, 0.25) is 5.02 Å². The van der Waals surface area contributed by atoms with Crippen molar-refractivity contribution in [1.82, 2.24) is 5.32 Å². The Morgan fingerprint density at radius 2 is 2.17 bits per heavy atom. The van der Waals surface area contributed by atoms with Crippen molar-refractivity contribution < 1.29 is 4.39 Å². The first-order chi connectivity index (χ1) is 5.25. The average molecular weight is 210 g/mol. The lowest BCUT2D eigenvalue weighted by Gasteiger charge is -2.03. The topological polar surface area (TPSA) is 12.0 Å². The van der Waals surface area contributed by atoms with E-state index >= 15 is 0 Å². The molecule has 1 N–H and O–H groups in total. The minimum Gasteiger partial charge on any atom is -0.316 e. The summed E-state index contributed by atoms with van der Waals surface area (Å²) in [6.07, 6.45) is 0. The SMILES string of the molecule is CNCc1c(F)cccc1Cl.Cl. The summed E-state index contributed by atoms with van der Waals surface area (Å²) in [5, 5.41) is 3.31. The lowest BCUT2D eigenvalue weighted by Crippen LogP contribution is -2.07. The van der Waals surface area contributed by atoms with E-state index in [2.05, 4.69) is 5.32 Å². The van der Waals surface area contributed by atoms with E-state index in [4.69, 9.17) is 11.6 Å². The van der Waals surface area contributed by atoms with E-state index in [1.165, 1.54) is 6.07 Å². The van der Waals surface area contributed by atoms with Gasteiger partial charge < -0.3 is 5.32 Å². The van der Waals surface area contributed by atoms with Crippen molar-refractivity contribution in [3.8, 4) is 0 Å². The van der Waals surface area contributed by atoms with Crippen molar-refractivity contribution in [3.63, 3.8) is 0 Å². The van der Waals surface area contributed by atoms with Crippen LogP contribution < -0.4 is 5.32 Å². The van der Waals surface area contributed by atoms with Crippen molar-refractivity contribution in [2.75, 3.05) is 7.05 Å². The molecule has 1 rings (SSSR count). The lowest BCUT2D eigenvalue weighted by molar-refractivity contribution is 0.601. The largest absolute Gasteiger partial charge is 0.316 e. The summed E-state index contributed by atoms with van der Waals surface area (Å²) >= 11 is 5.73. The average Bonchev–Trinajstić information content (AvgIpc) is 1.97. The van der Waals surface area contributed by atoms with E-state index in [1.807, 2.05) is 0 Å². The van der Waals surface area contributed by atoms with Gasteiger partial charge in [-0.1, -0.05) is 17.7 Å². The zero-order valence-electron chi connectivity index (χ0n) is 6.60. The van der Waals surface area contributed by atoms with E-state index in [-0.39, 0.29) is 18.2 Å². The molecular formula is C8H10Cl2FN. The number of hydrogen-bond donors (Lipinski definition) is 1. The number of hydrogen-bond acceptors (Lipinski definition) is 1. The van der Waals surface area contributed by atoms with Gasteiger partial charge in [0.05, 0.1) is 0 Å². The zero-order valence-corrected chi connectivity index (χ0v) is 8.18. The molecule has 1 nitrogen and oxygen atoms in total. The van der Waals surface area contributed by atoms with Gasteiger partial charge in [0.1, 0.15) is 5.82 Å². The lowest BCUT2D eigenvalue weighted by atomic mass is 10.2. The quantitative estimate of drug-likeness (QED) is 0.791. The molecular weight excluding hydrogens is 200 g/mol. The molecule has 1 aromatic carbocycles. The summed E-state index contributed by atoms with van der Waals surface area (Å²) in [5.41, 5.74) is 0.525. The smallest absolute Gasteiger partial charge is 0.129 e.